The van der Waals surface area contributed by atoms with Crippen LogP contribution in [0.15, 0.2) is 48.5 Å². The zero-order valence-corrected chi connectivity index (χ0v) is 14.1. The molecule has 0 amide bonds. The molecular formula is C10H8Cl2Hg. The van der Waals surface area contributed by atoms with Gasteiger partial charge in [-0.05, 0) is 10.8 Å². The molecule has 0 saturated carbocycles. The Kier molecular flexibility index (Phi) is 5.76. The molecule has 2 aromatic rings. The monoisotopic (exact) mass is 400 g/mol. The molecule has 0 aromatic heterocycles. The zero-order chi connectivity index (χ0) is 9.52. The molecule has 0 bridgehead atoms. The number of benzene rings is 2. The van der Waals surface area contributed by atoms with Crippen LogP contribution in [0.3, 0.4) is 0 Å². The van der Waals surface area contributed by atoms with Crippen LogP contribution in [0, 0.1) is 0 Å². The van der Waals surface area contributed by atoms with Crippen molar-refractivity contribution < 1.29 is 22.1 Å². The van der Waals surface area contributed by atoms with Crippen molar-refractivity contribution in [3.8, 4) is 0 Å². The summed E-state index contributed by atoms with van der Waals surface area (Å²) in [5.41, 5.74) is 0. The van der Waals surface area contributed by atoms with Crippen molar-refractivity contribution in [3.05, 3.63) is 48.5 Å². The third-order valence-electron chi connectivity index (χ3n) is 1.66. The Morgan fingerprint density at radius 3 is 1.15 bits per heavy atom. The summed E-state index contributed by atoms with van der Waals surface area (Å²) in [4.78, 5) is 0. The summed E-state index contributed by atoms with van der Waals surface area (Å²) >= 11 is -1.14. The Morgan fingerprint density at radius 2 is 0.923 bits per heavy atom. The first-order chi connectivity index (χ1) is 6.38. The van der Waals surface area contributed by atoms with Crippen LogP contribution in [0.2, 0.25) is 0 Å². The molecule has 3 heteroatoms. The predicted molar refractivity (Wildman–Crippen MR) is 55.7 cm³/mol. The van der Waals surface area contributed by atoms with E-state index in [-0.39, 0.29) is 0 Å². The van der Waals surface area contributed by atoms with E-state index in [1.54, 1.807) is 0 Å². The summed E-state index contributed by atoms with van der Waals surface area (Å²) in [6, 6.07) is 16.7. The van der Waals surface area contributed by atoms with Crippen LogP contribution in [0.25, 0.3) is 10.8 Å². The minimum atomic E-state index is -1.14. The molecule has 2 rings (SSSR count). The maximum Gasteiger partial charge on any atom is -0.0184 e. The van der Waals surface area contributed by atoms with E-state index in [1.165, 1.54) is 10.8 Å². The third-order valence-corrected chi connectivity index (χ3v) is 1.66. The molecule has 0 radical (unpaired) electrons. The molecule has 0 aliphatic carbocycles. The van der Waals surface area contributed by atoms with Crippen molar-refractivity contribution in [2.75, 3.05) is 0 Å². The Balaban J connectivity index is 0.000000251. The molecule has 0 N–H and O–H groups in total. The van der Waals surface area contributed by atoms with Gasteiger partial charge in [-0.25, -0.2) is 0 Å². The van der Waals surface area contributed by atoms with Gasteiger partial charge in [0.25, 0.3) is 0 Å². The van der Waals surface area contributed by atoms with E-state index in [2.05, 4.69) is 48.5 Å². The largest absolute Gasteiger partial charge is 0.0616 e. The molecular weight excluding hydrogens is 392 g/mol. The second kappa shape index (κ2) is 6.64. The van der Waals surface area contributed by atoms with Gasteiger partial charge in [0.1, 0.15) is 0 Å². The molecule has 64 valence electrons. The fourth-order valence-electron chi connectivity index (χ4n) is 1.13. The second-order valence-corrected chi connectivity index (χ2v) is 10.3. The molecule has 0 spiro atoms. The molecule has 13 heavy (non-hydrogen) atoms. The summed E-state index contributed by atoms with van der Waals surface area (Å²) in [6.45, 7) is 0. The van der Waals surface area contributed by atoms with Gasteiger partial charge in [-0.15, -0.1) is 0 Å². The minimum Gasteiger partial charge on any atom is -0.0616 e. The summed E-state index contributed by atoms with van der Waals surface area (Å²) in [7, 11) is 9.97. The van der Waals surface area contributed by atoms with Gasteiger partial charge < -0.3 is 0 Å². The zero-order valence-electron chi connectivity index (χ0n) is 7.08. The van der Waals surface area contributed by atoms with Crippen LogP contribution in [0.4, 0.5) is 0 Å². The maximum absolute atomic E-state index is 4.99. The fourth-order valence-corrected chi connectivity index (χ4v) is 1.13. The average molecular weight is 400 g/mol. The number of halogens is 2. The topological polar surface area (TPSA) is 0 Å². The van der Waals surface area contributed by atoms with Crippen LogP contribution in [0.1, 0.15) is 0 Å². The Morgan fingerprint density at radius 1 is 0.692 bits per heavy atom. The molecule has 0 nitrogen and oxygen atoms in total. The molecule has 0 aliphatic rings. The molecule has 0 unspecified atom stereocenters. The van der Waals surface area contributed by atoms with Gasteiger partial charge in [-0.2, -0.15) is 0 Å². The van der Waals surface area contributed by atoms with E-state index in [1.807, 2.05) is 0 Å². The van der Waals surface area contributed by atoms with Crippen molar-refractivity contribution in [2.24, 2.45) is 0 Å². The Hall–Kier alpha value is 0.215. The second-order valence-electron chi connectivity index (χ2n) is 2.45. The standard InChI is InChI=1S/C10H8.2ClH.Hg/c1-2-6-10-8-4-3-7-9(10)5-1;;;/h1-8H;2*1H;/q;;;+2/p-2. The number of fused-ring (bicyclic) bond motifs is 1. The minimum absolute atomic E-state index is 1.14. The summed E-state index contributed by atoms with van der Waals surface area (Å²) in [5.74, 6) is 0. The molecule has 0 fully saturated rings. The van der Waals surface area contributed by atoms with E-state index in [0.717, 1.165) is 0 Å². The van der Waals surface area contributed by atoms with Crippen molar-refractivity contribution >= 4 is 27.3 Å². The van der Waals surface area contributed by atoms with Crippen molar-refractivity contribution in [1.82, 2.24) is 0 Å². The molecule has 0 saturated heterocycles. The summed E-state index contributed by atoms with van der Waals surface area (Å²) in [6.07, 6.45) is 0. The summed E-state index contributed by atoms with van der Waals surface area (Å²) < 4.78 is 0. The van der Waals surface area contributed by atoms with Gasteiger partial charge in [0.2, 0.25) is 0 Å². The Bertz CT molecular complexity index is 297. The van der Waals surface area contributed by atoms with Crippen molar-refractivity contribution in [1.29, 1.82) is 0 Å². The quantitative estimate of drug-likeness (QED) is 0.582. The van der Waals surface area contributed by atoms with E-state index in [0.29, 0.717) is 0 Å². The first-order valence-electron chi connectivity index (χ1n) is 3.94. The SMILES string of the molecule is [Cl][Hg][Cl].c1ccc2ccccc2c1. The summed E-state index contributed by atoms with van der Waals surface area (Å²) in [5, 5.41) is 2.62. The smallest absolute Gasteiger partial charge is 0.0184 e. The molecule has 0 heterocycles. The first kappa shape index (κ1) is 11.3. The van der Waals surface area contributed by atoms with E-state index in [9.17, 15) is 0 Å². The average Bonchev–Trinajstić information content (AvgIpc) is 2.19. The van der Waals surface area contributed by atoms with E-state index < -0.39 is 22.1 Å². The molecule has 2 aromatic carbocycles. The number of hydrogen-bond donors (Lipinski definition) is 0. The predicted octanol–water partition coefficient (Wildman–Crippen LogP) is 4.22. The van der Waals surface area contributed by atoms with E-state index in [4.69, 9.17) is 16.5 Å². The fraction of sp³-hybridized carbons (Fsp3) is 0. The third kappa shape index (κ3) is 3.84. The van der Waals surface area contributed by atoms with Gasteiger partial charge in [0.15, 0.2) is 0 Å². The molecule has 0 aliphatic heterocycles. The van der Waals surface area contributed by atoms with Crippen LogP contribution in [-0.2, 0) is 22.1 Å². The van der Waals surface area contributed by atoms with Crippen molar-refractivity contribution in [2.45, 2.75) is 0 Å². The van der Waals surface area contributed by atoms with Gasteiger partial charge in [0.05, 0.1) is 0 Å². The number of rotatable bonds is 0. The van der Waals surface area contributed by atoms with Crippen LogP contribution < -0.4 is 0 Å². The van der Waals surface area contributed by atoms with Crippen LogP contribution >= 0.6 is 16.5 Å². The van der Waals surface area contributed by atoms with Gasteiger partial charge in [-0.1, -0.05) is 48.5 Å². The van der Waals surface area contributed by atoms with Crippen LogP contribution in [-0.4, -0.2) is 0 Å². The maximum atomic E-state index is 4.99. The van der Waals surface area contributed by atoms with Gasteiger partial charge in [0, 0.05) is 0 Å². The first-order valence-corrected chi connectivity index (χ1v) is 17.5. The Labute approximate surface area is 97.2 Å². The van der Waals surface area contributed by atoms with Gasteiger partial charge >= 0.3 is 38.6 Å². The molecule has 0 atom stereocenters. The van der Waals surface area contributed by atoms with Crippen molar-refractivity contribution in [3.63, 3.8) is 0 Å². The normalized spacial score (nSPS) is 8.46. The number of hydrogen-bond acceptors (Lipinski definition) is 0. The van der Waals surface area contributed by atoms with E-state index >= 15 is 0 Å². The van der Waals surface area contributed by atoms with Gasteiger partial charge in [-0.3, -0.25) is 0 Å². The van der Waals surface area contributed by atoms with Crippen LogP contribution in [0.5, 0.6) is 0 Å².